The second-order valence-corrected chi connectivity index (χ2v) is 7.02. The van der Waals surface area contributed by atoms with E-state index in [0.29, 0.717) is 5.69 Å². The summed E-state index contributed by atoms with van der Waals surface area (Å²) in [5.41, 5.74) is 2.73. The molecule has 0 spiro atoms. The summed E-state index contributed by atoms with van der Waals surface area (Å²) in [7, 11) is 1.36. The molecule has 1 N–H and O–H groups in total. The fourth-order valence-corrected chi connectivity index (χ4v) is 3.48. The van der Waals surface area contributed by atoms with E-state index in [1.807, 2.05) is 19.1 Å². The van der Waals surface area contributed by atoms with E-state index in [9.17, 15) is 14.9 Å². The smallest absolute Gasteiger partial charge is 0.311 e. The van der Waals surface area contributed by atoms with Crippen LogP contribution in [0.4, 0.5) is 17.1 Å². The van der Waals surface area contributed by atoms with E-state index in [4.69, 9.17) is 4.74 Å². The molecule has 2 aromatic rings. The first-order valence-corrected chi connectivity index (χ1v) is 9.64. The molecule has 1 heterocycles. The van der Waals surface area contributed by atoms with Crippen LogP contribution in [0.3, 0.4) is 0 Å². The molecule has 3 rings (SSSR count). The molecule has 0 saturated carbocycles. The summed E-state index contributed by atoms with van der Waals surface area (Å²) < 4.78 is 4.98. The van der Waals surface area contributed by atoms with Crippen molar-refractivity contribution in [2.24, 2.45) is 0 Å². The molecule has 0 aromatic heterocycles. The van der Waals surface area contributed by atoms with Crippen LogP contribution in [-0.2, 0) is 0 Å². The molecule has 1 amide bonds. The number of rotatable bonds is 6. The van der Waals surface area contributed by atoms with Gasteiger partial charge in [-0.2, -0.15) is 0 Å². The number of anilines is 2. The molecule has 29 heavy (non-hydrogen) atoms. The highest BCUT2D eigenvalue weighted by Crippen LogP contribution is 2.29. The molecule has 154 valence electrons. The molecule has 0 aliphatic carbocycles. The van der Waals surface area contributed by atoms with Crippen LogP contribution in [0.2, 0.25) is 0 Å². The van der Waals surface area contributed by atoms with Crippen molar-refractivity contribution < 1.29 is 14.5 Å². The van der Waals surface area contributed by atoms with Crippen LogP contribution < -0.4 is 15.0 Å². The van der Waals surface area contributed by atoms with Gasteiger partial charge in [-0.25, -0.2) is 0 Å². The van der Waals surface area contributed by atoms with Gasteiger partial charge in [0, 0.05) is 49.2 Å². The third kappa shape index (κ3) is 4.65. The van der Waals surface area contributed by atoms with Gasteiger partial charge in [-0.1, -0.05) is 6.92 Å². The van der Waals surface area contributed by atoms with Crippen LogP contribution in [0.1, 0.15) is 22.8 Å². The van der Waals surface area contributed by atoms with Crippen molar-refractivity contribution in [3.8, 4) is 5.75 Å². The summed E-state index contributed by atoms with van der Waals surface area (Å²) in [4.78, 5) is 28.0. The molecule has 0 unspecified atom stereocenters. The number of hydrogen-bond donors (Lipinski definition) is 1. The maximum absolute atomic E-state index is 12.6. The van der Waals surface area contributed by atoms with Crippen molar-refractivity contribution in [3.05, 3.63) is 57.6 Å². The normalized spacial score (nSPS) is 14.5. The molecule has 1 aliphatic rings. The number of amides is 1. The van der Waals surface area contributed by atoms with E-state index >= 15 is 0 Å². The van der Waals surface area contributed by atoms with Gasteiger partial charge < -0.3 is 19.9 Å². The lowest BCUT2D eigenvalue weighted by Gasteiger charge is -2.35. The second-order valence-electron chi connectivity index (χ2n) is 7.02. The van der Waals surface area contributed by atoms with Crippen molar-refractivity contribution in [3.63, 3.8) is 0 Å². The minimum Gasteiger partial charge on any atom is -0.490 e. The molecular formula is C21H26N4O4. The van der Waals surface area contributed by atoms with Crippen LogP contribution in [0.15, 0.2) is 36.4 Å². The number of nitro benzene ring substituents is 1. The Bertz CT molecular complexity index is 908. The van der Waals surface area contributed by atoms with Crippen LogP contribution >= 0.6 is 0 Å². The Labute approximate surface area is 170 Å². The van der Waals surface area contributed by atoms with Gasteiger partial charge in [0.2, 0.25) is 0 Å². The predicted octanol–water partition coefficient (Wildman–Crippen LogP) is 3.31. The van der Waals surface area contributed by atoms with E-state index in [1.54, 1.807) is 0 Å². The number of methoxy groups -OCH3 is 1. The maximum atomic E-state index is 12.6. The number of piperazine rings is 1. The monoisotopic (exact) mass is 398 g/mol. The molecule has 1 saturated heterocycles. The van der Waals surface area contributed by atoms with E-state index in [2.05, 4.69) is 28.1 Å². The van der Waals surface area contributed by atoms with Gasteiger partial charge in [0.15, 0.2) is 5.75 Å². The number of ether oxygens (including phenoxy) is 1. The van der Waals surface area contributed by atoms with Gasteiger partial charge in [0.25, 0.3) is 5.91 Å². The van der Waals surface area contributed by atoms with Crippen molar-refractivity contribution >= 4 is 23.0 Å². The van der Waals surface area contributed by atoms with Gasteiger partial charge in [0.1, 0.15) is 0 Å². The molecular weight excluding hydrogens is 372 g/mol. The Balaban J connectivity index is 1.73. The highest BCUT2D eigenvalue weighted by atomic mass is 16.6. The summed E-state index contributed by atoms with van der Waals surface area (Å²) in [6.45, 7) is 9.24. The summed E-state index contributed by atoms with van der Waals surface area (Å²) in [5.74, 6) is -0.279. The van der Waals surface area contributed by atoms with Crippen LogP contribution in [0.5, 0.6) is 5.75 Å². The largest absolute Gasteiger partial charge is 0.490 e. The fraction of sp³-hybridized carbons (Fsp3) is 0.381. The number of nitrogens with zero attached hydrogens (tertiary/aromatic N) is 3. The number of hydrogen-bond acceptors (Lipinski definition) is 6. The van der Waals surface area contributed by atoms with Gasteiger partial charge in [-0.3, -0.25) is 14.9 Å². The average Bonchev–Trinajstić information content (AvgIpc) is 2.74. The third-order valence-electron chi connectivity index (χ3n) is 5.28. The fourth-order valence-electron chi connectivity index (χ4n) is 3.48. The standard InChI is InChI=1S/C21H26N4O4/c1-4-23-9-11-24(12-10-23)17-6-7-18(15(2)13-17)22-21(26)16-5-8-20(29-3)19(14-16)25(27)28/h5-8,13-14H,4,9-12H2,1-3H3,(H,22,26). The summed E-state index contributed by atoms with van der Waals surface area (Å²) in [5, 5.41) is 14.0. The van der Waals surface area contributed by atoms with Crippen molar-refractivity contribution in [1.82, 2.24) is 4.90 Å². The lowest BCUT2D eigenvalue weighted by atomic mass is 10.1. The SMILES string of the molecule is CCN1CCN(c2ccc(NC(=O)c3ccc(OC)c([N+](=O)[O-])c3)c(C)c2)CC1. The molecule has 1 fully saturated rings. The number of nitro groups is 1. The van der Waals surface area contributed by atoms with Gasteiger partial charge in [-0.05, 0) is 49.4 Å². The lowest BCUT2D eigenvalue weighted by molar-refractivity contribution is -0.385. The van der Waals surface area contributed by atoms with Crippen molar-refractivity contribution in [1.29, 1.82) is 0 Å². The Morgan fingerprint density at radius 3 is 2.48 bits per heavy atom. The first-order valence-electron chi connectivity index (χ1n) is 9.64. The lowest BCUT2D eigenvalue weighted by Crippen LogP contribution is -2.46. The topological polar surface area (TPSA) is 88.0 Å². The van der Waals surface area contributed by atoms with Crippen LogP contribution in [0, 0.1) is 17.0 Å². The van der Waals surface area contributed by atoms with E-state index in [1.165, 1.54) is 25.3 Å². The number of aryl methyl sites for hydroxylation is 1. The van der Waals surface area contributed by atoms with Crippen molar-refractivity contribution in [2.75, 3.05) is 50.1 Å². The molecule has 0 atom stereocenters. The Morgan fingerprint density at radius 1 is 1.17 bits per heavy atom. The third-order valence-corrected chi connectivity index (χ3v) is 5.28. The first-order chi connectivity index (χ1) is 13.9. The number of benzene rings is 2. The summed E-state index contributed by atoms with van der Waals surface area (Å²) >= 11 is 0. The second kappa shape index (κ2) is 8.91. The van der Waals surface area contributed by atoms with Crippen LogP contribution in [0.25, 0.3) is 0 Å². The van der Waals surface area contributed by atoms with E-state index < -0.39 is 10.8 Å². The Hall–Kier alpha value is -3.13. The minimum absolute atomic E-state index is 0.121. The molecule has 0 bridgehead atoms. The van der Waals surface area contributed by atoms with Gasteiger partial charge in [0.05, 0.1) is 12.0 Å². The molecule has 8 nitrogen and oxygen atoms in total. The van der Waals surface area contributed by atoms with Crippen molar-refractivity contribution in [2.45, 2.75) is 13.8 Å². The summed E-state index contributed by atoms with van der Waals surface area (Å²) in [6, 6.07) is 10.1. The molecule has 8 heteroatoms. The predicted molar refractivity (Wildman–Crippen MR) is 113 cm³/mol. The zero-order chi connectivity index (χ0) is 21.0. The molecule has 0 radical (unpaired) electrons. The first kappa shape index (κ1) is 20.6. The molecule has 2 aromatic carbocycles. The zero-order valence-corrected chi connectivity index (χ0v) is 17.0. The number of carbonyl (C=O) groups excluding carboxylic acids is 1. The number of likely N-dealkylation sites (N-methyl/N-ethyl adjacent to an activating group) is 1. The average molecular weight is 398 g/mol. The highest BCUT2D eigenvalue weighted by Gasteiger charge is 2.19. The summed E-state index contributed by atoms with van der Waals surface area (Å²) in [6.07, 6.45) is 0. The zero-order valence-electron chi connectivity index (χ0n) is 17.0. The number of nitrogens with one attached hydrogen (secondary N) is 1. The Kier molecular flexibility index (Phi) is 6.33. The highest BCUT2D eigenvalue weighted by molar-refractivity contribution is 6.05. The Morgan fingerprint density at radius 2 is 1.90 bits per heavy atom. The van der Waals surface area contributed by atoms with Gasteiger partial charge in [-0.15, -0.1) is 0 Å². The van der Waals surface area contributed by atoms with E-state index in [0.717, 1.165) is 44.0 Å². The van der Waals surface area contributed by atoms with Crippen LogP contribution in [-0.4, -0.2) is 55.6 Å². The molecule has 1 aliphatic heterocycles. The van der Waals surface area contributed by atoms with Gasteiger partial charge >= 0.3 is 5.69 Å². The minimum atomic E-state index is -0.562. The quantitative estimate of drug-likeness (QED) is 0.593. The number of carbonyl (C=O) groups is 1. The van der Waals surface area contributed by atoms with E-state index in [-0.39, 0.29) is 17.0 Å². The maximum Gasteiger partial charge on any atom is 0.311 e.